The van der Waals surface area contributed by atoms with Crippen molar-refractivity contribution in [3.05, 3.63) is 71.3 Å². The van der Waals surface area contributed by atoms with E-state index in [4.69, 9.17) is 0 Å². The zero-order chi connectivity index (χ0) is 12.6. The van der Waals surface area contributed by atoms with Crippen LogP contribution in [0.4, 0.5) is 0 Å². The Morgan fingerprint density at radius 3 is 2.33 bits per heavy atom. The van der Waals surface area contributed by atoms with Crippen LogP contribution >= 0.6 is 0 Å². The predicted molar refractivity (Wildman–Crippen MR) is 67.2 cm³/mol. The number of ketones is 1. The molecule has 0 aromatic heterocycles. The molecule has 0 aliphatic heterocycles. The third-order valence-electron chi connectivity index (χ3n) is 3.54. The maximum atomic E-state index is 12.9. The van der Waals surface area contributed by atoms with Crippen molar-refractivity contribution in [1.82, 2.24) is 0 Å². The summed E-state index contributed by atoms with van der Waals surface area (Å²) in [5.74, 6) is -0.0456. The summed E-state index contributed by atoms with van der Waals surface area (Å²) in [6.07, 6.45) is 0.437. The van der Waals surface area contributed by atoms with Crippen molar-refractivity contribution in [2.75, 3.05) is 0 Å². The summed E-state index contributed by atoms with van der Waals surface area (Å²) in [5.41, 5.74) is 0.965. The molecular weight excluding hydrogens is 224 g/mol. The van der Waals surface area contributed by atoms with Crippen LogP contribution in [0.2, 0.25) is 0 Å². The first-order valence-electron chi connectivity index (χ1n) is 6.06. The Balaban J connectivity index is 2.06. The predicted octanol–water partition coefficient (Wildman–Crippen LogP) is 2.07. The largest absolute Gasteiger partial charge is 0.845 e. The van der Waals surface area contributed by atoms with Gasteiger partial charge in [-0.05, 0) is 12.0 Å². The van der Waals surface area contributed by atoms with Crippen LogP contribution in [-0.4, -0.2) is 5.78 Å². The van der Waals surface area contributed by atoms with Crippen LogP contribution in [0, 0.1) is 0 Å². The summed E-state index contributed by atoms with van der Waals surface area (Å²) >= 11 is 0. The van der Waals surface area contributed by atoms with Gasteiger partial charge in [-0.15, -0.1) is 0 Å². The van der Waals surface area contributed by atoms with Crippen LogP contribution in [0.15, 0.2) is 54.6 Å². The fourth-order valence-corrected chi connectivity index (χ4v) is 2.62. The number of Topliss-reactive ketones (excluding diaryl/α,β-unsaturated/α-hetero) is 1. The van der Waals surface area contributed by atoms with E-state index in [9.17, 15) is 9.90 Å². The first-order chi connectivity index (χ1) is 8.69. The lowest BCUT2D eigenvalue weighted by Gasteiger charge is -2.44. The van der Waals surface area contributed by atoms with Crippen LogP contribution < -0.4 is 5.11 Å². The normalized spacial score (nSPS) is 22.6. The van der Waals surface area contributed by atoms with E-state index in [-0.39, 0.29) is 12.2 Å². The topological polar surface area (TPSA) is 40.1 Å². The number of hydrogen-bond acceptors (Lipinski definition) is 2. The molecule has 1 aliphatic rings. The molecule has 0 radical (unpaired) electrons. The molecule has 0 saturated heterocycles. The summed E-state index contributed by atoms with van der Waals surface area (Å²) in [6, 6.07) is 16.6. The van der Waals surface area contributed by atoms with Crippen LogP contribution in [0.3, 0.4) is 0 Å². The SMILES string of the molecule is O=C1CC([O-])(c2ccccc2)Cc2ccccc21. The summed E-state index contributed by atoms with van der Waals surface area (Å²) < 4.78 is 0. The molecule has 1 aliphatic carbocycles. The standard InChI is InChI=1S/C16H13O2/c17-15-11-16(18,13-7-2-1-3-8-13)10-12-6-4-5-9-14(12)15/h1-9H,10-11H2/q-1. The molecule has 0 amide bonds. The third-order valence-corrected chi connectivity index (χ3v) is 3.54. The van der Waals surface area contributed by atoms with Gasteiger partial charge in [0.2, 0.25) is 0 Å². The third kappa shape index (κ3) is 1.75. The highest BCUT2D eigenvalue weighted by atomic mass is 16.3. The Bertz CT molecular complexity index is 589. The van der Waals surface area contributed by atoms with Crippen LogP contribution in [0.1, 0.15) is 27.9 Å². The molecule has 0 saturated carbocycles. The van der Waals surface area contributed by atoms with Gasteiger partial charge in [0.25, 0.3) is 0 Å². The number of carbonyl (C=O) groups excluding carboxylic acids is 1. The summed E-state index contributed by atoms with van der Waals surface area (Å²) in [4.78, 5) is 12.1. The number of rotatable bonds is 1. The van der Waals surface area contributed by atoms with Gasteiger partial charge in [-0.25, -0.2) is 0 Å². The Morgan fingerprint density at radius 1 is 0.889 bits per heavy atom. The van der Waals surface area contributed by atoms with Crippen molar-refractivity contribution in [2.24, 2.45) is 0 Å². The van der Waals surface area contributed by atoms with Crippen LogP contribution in [0.5, 0.6) is 0 Å². The molecule has 2 heteroatoms. The summed E-state index contributed by atoms with van der Waals surface area (Å²) in [6.45, 7) is 0. The van der Waals surface area contributed by atoms with Crippen molar-refractivity contribution in [1.29, 1.82) is 0 Å². The Hall–Kier alpha value is -1.93. The minimum atomic E-state index is -1.31. The highest BCUT2D eigenvalue weighted by Crippen LogP contribution is 2.33. The van der Waals surface area contributed by atoms with Crippen LogP contribution in [-0.2, 0) is 12.0 Å². The number of benzene rings is 2. The fraction of sp³-hybridized carbons (Fsp3) is 0.188. The van der Waals surface area contributed by atoms with Gasteiger partial charge in [-0.2, -0.15) is 0 Å². The molecule has 3 rings (SSSR count). The Morgan fingerprint density at radius 2 is 1.56 bits per heavy atom. The molecule has 2 aromatic rings. The zero-order valence-corrected chi connectivity index (χ0v) is 9.93. The zero-order valence-electron chi connectivity index (χ0n) is 9.93. The first kappa shape index (κ1) is 11.2. The number of carbonyl (C=O) groups is 1. The van der Waals surface area contributed by atoms with E-state index in [1.54, 1.807) is 0 Å². The molecule has 0 N–H and O–H groups in total. The Kier molecular flexibility index (Phi) is 2.53. The van der Waals surface area contributed by atoms with E-state index >= 15 is 0 Å². The smallest absolute Gasteiger partial charge is 0.162 e. The average Bonchev–Trinajstić information content (AvgIpc) is 2.40. The van der Waals surface area contributed by atoms with Crippen molar-refractivity contribution in [3.63, 3.8) is 0 Å². The number of fused-ring (bicyclic) bond motifs is 1. The highest BCUT2D eigenvalue weighted by Gasteiger charge is 2.30. The fourth-order valence-electron chi connectivity index (χ4n) is 2.62. The van der Waals surface area contributed by atoms with E-state index in [0.717, 1.165) is 5.56 Å². The second kappa shape index (κ2) is 4.07. The first-order valence-corrected chi connectivity index (χ1v) is 6.06. The van der Waals surface area contributed by atoms with Crippen molar-refractivity contribution in [3.8, 4) is 0 Å². The molecule has 0 heterocycles. The Labute approximate surface area is 106 Å². The van der Waals surface area contributed by atoms with E-state index in [2.05, 4.69) is 0 Å². The molecule has 0 bridgehead atoms. The molecule has 18 heavy (non-hydrogen) atoms. The monoisotopic (exact) mass is 237 g/mol. The van der Waals surface area contributed by atoms with Crippen molar-refractivity contribution < 1.29 is 9.90 Å². The maximum absolute atomic E-state index is 12.9. The molecule has 2 aromatic carbocycles. The molecule has 1 unspecified atom stereocenters. The second-order valence-corrected chi connectivity index (χ2v) is 4.79. The average molecular weight is 237 g/mol. The molecule has 90 valence electrons. The highest BCUT2D eigenvalue weighted by molar-refractivity contribution is 5.99. The van der Waals surface area contributed by atoms with Gasteiger partial charge in [0.15, 0.2) is 5.78 Å². The van der Waals surface area contributed by atoms with Gasteiger partial charge in [0.1, 0.15) is 0 Å². The van der Waals surface area contributed by atoms with Gasteiger partial charge in [0.05, 0.1) is 0 Å². The van der Waals surface area contributed by atoms with Gasteiger partial charge in [-0.3, -0.25) is 4.79 Å². The van der Waals surface area contributed by atoms with Gasteiger partial charge >= 0.3 is 0 Å². The minimum Gasteiger partial charge on any atom is -0.845 e. The van der Waals surface area contributed by atoms with Gasteiger partial charge in [0, 0.05) is 12.0 Å². The molecular formula is C16H13O2-. The molecule has 2 nitrogen and oxygen atoms in total. The van der Waals surface area contributed by atoms with E-state index in [1.807, 2.05) is 54.6 Å². The van der Waals surface area contributed by atoms with E-state index in [1.165, 1.54) is 0 Å². The number of hydrogen-bond donors (Lipinski definition) is 0. The van der Waals surface area contributed by atoms with Gasteiger partial charge in [-0.1, -0.05) is 65.8 Å². The molecule has 0 spiro atoms. The van der Waals surface area contributed by atoms with Crippen LogP contribution in [0.25, 0.3) is 0 Å². The summed E-state index contributed by atoms with van der Waals surface area (Å²) in [7, 11) is 0. The molecule has 1 atom stereocenters. The van der Waals surface area contributed by atoms with E-state index < -0.39 is 5.60 Å². The van der Waals surface area contributed by atoms with Crippen molar-refractivity contribution in [2.45, 2.75) is 18.4 Å². The molecule has 0 fully saturated rings. The maximum Gasteiger partial charge on any atom is 0.162 e. The lowest BCUT2D eigenvalue weighted by molar-refractivity contribution is -0.486. The van der Waals surface area contributed by atoms with Gasteiger partial charge < -0.3 is 5.11 Å². The minimum absolute atomic E-state index is 0.0456. The lowest BCUT2D eigenvalue weighted by atomic mass is 9.76. The lowest BCUT2D eigenvalue weighted by Crippen LogP contribution is -2.47. The quantitative estimate of drug-likeness (QED) is 0.761. The van der Waals surface area contributed by atoms with Crippen molar-refractivity contribution >= 4 is 5.78 Å². The second-order valence-electron chi connectivity index (χ2n) is 4.79. The summed E-state index contributed by atoms with van der Waals surface area (Å²) in [5, 5.41) is 12.9. The van der Waals surface area contributed by atoms with E-state index in [0.29, 0.717) is 17.5 Å².